The van der Waals surface area contributed by atoms with Crippen LogP contribution in [0.3, 0.4) is 0 Å². The van der Waals surface area contributed by atoms with Crippen LogP contribution < -0.4 is 0 Å². The quantitative estimate of drug-likeness (QED) is 0.423. The van der Waals surface area contributed by atoms with Gasteiger partial charge >= 0.3 is 69.3 Å². The van der Waals surface area contributed by atoms with E-state index in [1.54, 1.807) is 0 Å². The van der Waals surface area contributed by atoms with Crippen LogP contribution in [0.4, 0.5) is 0 Å². The fraction of sp³-hybridized carbons (Fsp3) is 0. The van der Waals surface area contributed by atoms with Gasteiger partial charge in [-0.25, -0.2) is 0 Å². The average molecular weight is 531 g/mol. The van der Waals surface area contributed by atoms with Crippen LogP contribution in [-0.2, 0) is 0 Å². The predicted molar refractivity (Wildman–Crippen MR) is 53.7 cm³/mol. The Kier molecular flexibility index (Phi) is 5.66. The van der Waals surface area contributed by atoms with Gasteiger partial charge in [-0.2, -0.15) is 0 Å². The third-order valence-electron chi connectivity index (χ3n) is 0. The predicted octanol–water partition coefficient (Wildman–Crippen LogP) is 2.97. The Morgan fingerprint density at radius 1 is 1.20 bits per heavy atom. The fourth-order valence-corrected chi connectivity index (χ4v) is 0. The van der Waals surface area contributed by atoms with E-state index in [1.165, 1.54) is 0 Å². The maximum absolute atomic E-state index is 5.71. The summed E-state index contributed by atoms with van der Waals surface area (Å²) >= 11 is 7.01. The Balaban J connectivity index is 3.02. The summed E-state index contributed by atoms with van der Waals surface area (Å²) in [5.74, 6) is 0. The Morgan fingerprint density at radius 3 is 1.20 bits per heavy atom. The first kappa shape index (κ1) is 8.35. The molecule has 0 aliphatic heterocycles. The van der Waals surface area contributed by atoms with Crippen LogP contribution in [0.5, 0.6) is 0 Å². The van der Waals surface area contributed by atoms with Gasteiger partial charge in [0.25, 0.3) is 0 Å². The SMILES string of the molecule is [Cl][In-]([I])([I])[I]. The topological polar surface area (TPSA) is 0 Å². The molecule has 5 heavy (non-hydrogen) atoms. The van der Waals surface area contributed by atoms with Gasteiger partial charge in [-0.15, -0.1) is 0 Å². The van der Waals surface area contributed by atoms with E-state index in [0.29, 0.717) is 0 Å². The van der Waals surface area contributed by atoms with Crippen LogP contribution in [-0.4, -0.2) is 6.32 Å². The van der Waals surface area contributed by atoms with E-state index in [9.17, 15) is 0 Å². The van der Waals surface area contributed by atoms with E-state index in [2.05, 4.69) is 54.4 Å². The zero-order valence-electron chi connectivity index (χ0n) is 2.09. The van der Waals surface area contributed by atoms with Gasteiger partial charge in [-0.05, 0) is 0 Å². The fourth-order valence-electron chi connectivity index (χ4n) is 0. The molecule has 0 aromatic rings. The van der Waals surface area contributed by atoms with E-state index in [-0.39, 0.29) is 0 Å². The first-order valence-corrected chi connectivity index (χ1v) is 33.9. The zero-order valence-corrected chi connectivity index (χ0v) is 12.6. The molecule has 0 radical (unpaired) electrons. The molecule has 5 heteroatoms. The van der Waals surface area contributed by atoms with Gasteiger partial charge in [0.15, 0.2) is 0 Å². The molecule has 0 aliphatic rings. The molecule has 0 fully saturated rings. The summed E-state index contributed by atoms with van der Waals surface area (Å²) in [5, 5.41) is 0. The van der Waals surface area contributed by atoms with Crippen LogP contribution in [0.15, 0.2) is 0 Å². The summed E-state index contributed by atoms with van der Waals surface area (Å²) in [5.41, 5.74) is 0. The van der Waals surface area contributed by atoms with E-state index in [4.69, 9.17) is 8.58 Å². The Bertz CT molecular complexity index is 22.4. The monoisotopic (exact) mass is 531 g/mol. The molecule has 0 unspecified atom stereocenters. The minimum absolute atomic E-state index is 1.88. The van der Waals surface area contributed by atoms with E-state index in [1.807, 2.05) is 0 Å². The van der Waals surface area contributed by atoms with Gasteiger partial charge in [0, 0.05) is 0 Å². The first-order valence-electron chi connectivity index (χ1n) is 0.873. The van der Waals surface area contributed by atoms with Crippen LogP contribution in [0.2, 0.25) is 0 Å². The molecule has 0 nitrogen and oxygen atoms in total. The maximum atomic E-state index is 5.71. The van der Waals surface area contributed by atoms with Crippen LogP contribution in [0.25, 0.3) is 0 Å². The summed E-state index contributed by atoms with van der Waals surface area (Å²) in [6, 6.07) is 0. The molecular formula is ClI3In-. The standard InChI is InChI=1S/ClH.3HI.In/h4*1H;/q;;;;+3/p-4. The van der Waals surface area contributed by atoms with Crippen molar-refractivity contribution in [3.8, 4) is 0 Å². The van der Waals surface area contributed by atoms with Gasteiger partial charge in [-0.3, -0.25) is 0 Å². The molecule has 0 bridgehead atoms. The van der Waals surface area contributed by atoms with Crippen molar-refractivity contribution in [2.24, 2.45) is 0 Å². The number of hydrogen-bond acceptors (Lipinski definition) is 0. The van der Waals surface area contributed by atoms with Crippen molar-refractivity contribution >= 4 is 69.3 Å². The minimum atomic E-state index is -1.88. The van der Waals surface area contributed by atoms with Crippen LogP contribution in [0.1, 0.15) is 0 Å². The number of halogens is 4. The second-order valence-electron chi connectivity index (χ2n) is 0.495. The second-order valence-corrected chi connectivity index (χ2v) is 108. The van der Waals surface area contributed by atoms with Crippen molar-refractivity contribution in [2.75, 3.05) is 0 Å². The van der Waals surface area contributed by atoms with Gasteiger partial charge < -0.3 is 0 Å². The van der Waals surface area contributed by atoms with Crippen molar-refractivity contribution in [1.29, 1.82) is 0 Å². The summed E-state index contributed by atoms with van der Waals surface area (Å²) in [4.78, 5) is 0. The van der Waals surface area contributed by atoms with Crippen molar-refractivity contribution in [1.82, 2.24) is 0 Å². The summed E-state index contributed by atoms with van der Waals surface area (Å²) in [6.45, 7) is 0. The molecule has 0 aromatic heterocycles. The third kappa shape index (κ3) is 18.7. The molecule has 32 valence electrons. The Morgan fingerprint density at radius 2 is 1.20 bits per heavy atom. The molecule has 0 rings (SSSR count). The molecule has 0 heterocycles. The van der Waals surface area contributed by atoms with Gasteiger partial charge in [0.2, 0.25) is 0 Å². The van der Waals surface area contributed by atoms with E-state index in [0.717, 1.165) is 0 Å². The molecule has 0 saturated carbocycles. The van der Waals surface area contributed by atoms with E-state index >= 15 is 0 Å². The molecule has 0 aromatic carbocycles. The molecule has 0 saturated heterocycles. The molecule has 0 amide bonds. The normalized spacial score (nSPS) is 12.0. The van der Waals surface area contributed by atoms with E-state index < -0.39 is 6.32 Å². The average Bonchev–Trinajstić information content (AvgIpc) is 0.722. The first-order chi connectivity index (χ1) is 2.00. The van der Waals surface area contributed by atoms with Gasteiger partial charge in [0.1, 0.15) is 0 Å². The third-order valence-corrected chi connectivity index (χ3v) is 0. The molecule has 0 spiro atoms. The van der Waals surface area contributed by atoms with Crippen molar-refractivity contribution in [3.05, 3.63) is 0 Å². The molecule has 0 aliphatic carbocycles. The Hall–Kier alpha value is 3.35. The summed E-state index contributed by atoms with van der Waals surface area (Å²) in [7, 11) is 5.71. The van der Waals surface area contributed by atoms with Gasteiger partial charge in [0.05, 0.1) is 0 Å². The van der Waals surface area contributed by atoms with Crippen molar-refractivity contribution in [3.63, 3.8) is 0 Å². The Labute approximate surface area is 67.0 Å². The summed E-state index contributed by atoms with van der Waals surface area (Å²) in [6.07, 6.45) is -1.88. The number of rotatable bonds is 0. The van der Waals surface area contributed by atoms with Gasteiger partial charge in [-0.1, -0.05) is 0 Å². The zero-order chi connectivity index (χ0) is 4.50. The number of hydrogen-bond donors (Lipinski definition) is 0. The van der Waals surface area contributed by atoms with Crippen molar-refractivity contribution < 1.29 is 0 Å². The molecule has 0 N–H and O–H groups in total. The summed E-state index contributed by atoms with van der Waals surface area (Å²) < 4.78 is 0. The van der Waals surface area contributed by atoms with Crippen LogP contribution >= 0.6 is 63.0 Å². The van der Waals surface area contributed by atoms with Crippen molar-refractivity contribution in [2.45, 2.75) is 0 Å². The molecule has 0 atom stereocenters. The molecular weight excluding hydrogens is 531 g/mol. The second kappa shape index (κ2) is 3.39. The van der Waals surface area contributed by atoms with Crippen LogP contribution in [0, 0.1) is 0 Å².